The first-order valence-electron chi connectivity index (χ1n) is 10.1. The highest BCUT2D eigenvalue weighted by molar-refractivity contribution is 8.27. The van der Waals surface area contributed by atoms with Crippen LogP contribution in [0, 0.1) is 17.0 Å². The number of carbonyl (C=O) groups is 1. The van der Waals surface area contributed by atoms with Gasteiger partial charge in [0.05, 0.1) is 20.4 Å². The molecule has 1 saturated heterocycles. The second-order valence-corrected chi connectivity index (χ2v) is 10.2. The zero-order valence-corrected chi connectivity index (χ0v) is 20.2. The van der Waals surface area contributed by atoms with E-state index in [9.17, 15) is 14.9 Å². The summed E-state index contributed by atoms with van der Waals surface area (Å²) >= 11 is 7.91. The first-order chi connectivity index (χ1) is 16.4. The van der Waals surface area contributed by atoms with Gasteiger partial charge in [-0.2, -0.15) is 0 Å². The van der Waals surface area contributed by atoms with Crippen molar-refractivity contribution in [3.8, 4) is 11.5 Å². The Morgan fingerprint density at radius 3 is 2.62 bits per heavy atom. The molecule has 0 radical (unpaired) electrons. The second-order valence-electron chi connectivity index (χ2n) is 7.45. The van der Waals surface area contributed by atoms with E-state index >= 15 is 0 Å². The number of carbonyl (C=O) groups excluding carboxylic acids is 1. The van der Waals surface area contributed by atoms with E-state index in [1.165, 1.54) is 22.7 Å². The molecule has 170 valence electrons. The largest absolute Gasteiger partial charge is 0.454 e. The maximum absolute atomic E-state index is 13.1. The summed E-state index contributed by atoms with van der Waals surface area (Å²) in [5.41, 5.74) is 2.22. The molecule has 5 rings (SSSR count). The third kappa shape index (κ3) is 4.39. The maximum Gasteiger partial charge on any atom is 0.283 e. The van der Waals surface area contributed by atoms with Crippen LogP contribution in [0.25, 0.3) is 6.08 Å². The van der Waals surface area contributed by atoms with E-state index in [2.05, 4.69) is 0 Å². The van der Waals surface area contributed by atoms with Crippen LogP contribution in [-0.4, -0.2) is 21.9 Å². The van der Waals surface area contributed by atoms with Crippen molar-refractivity contribution in [2.24, 2.45) is 0 Å². The average Bonchev–Trinajstić information content (AvgIpc) is 3.39. The molecule has 0 unspecified atom stereocenters. The highest BCUT2D eigenvalue weighted by atomic mass is 32.2. The number of ether oxygens (including phenoxy) is 2. The van der Waals surface area contributed by atoms with Crippen molar-refractivity contribution >= 4 is 63.4 Å². The van der Waals surface area contributed by atoms with Crippen molar-refractivity contribution in [3.05, 3.63) is 86.8 Å². The number of nitro groups is 1. The molecule has 0 aromatic heterocycles. The summed E-state index contributed by atoms with van der Waals surface area (Å²) in [7, 11) is 0. The SMILES string of the molecule is Cc1ccc(Sc2ccc(C=C3SC(=S)N(c4ccc5c(c4)OCO5)C3=O)cc2[N+](=O)[O-])cc1. The molecule has 0 spiro atoms. The highest BCUT2D eigenvalue weighted by Crippen LogP contribution is 2.41. The van der Waals surface area contributed by atoms with Crippen LogP contribution in [0.4, 0.5) is 11.4 Å². The van der Waals surface area contributed by atoms with Crippen LogP contribution in [0.5, 0.6) is 11.5 Å². The van der Waals surface area contributed by atoms with E-state index in [0.29, 0.717) is 36.9 Å². The van der Waals surface area contributed by atoms with Crippen molar-refractivity contribution in [2.45, 2.75) is 16.7 Å². The third-order valence-electron chi connectivity index (χ3n) is 5.13. The number of benzene rings is 3. The van der Waals surface area contributed by atoms with Gasteiger partial charge in [0.15, 0.2) is 15.8 Å². The smallest absolute Gasteiger partial charge is 0.283 e. The van der Waals surface area contributed by atoms with Gasteiger partial charge in [0, 0.05) is 17.0 Å². The number of fused-ring (bicyclic) bond motifs is 1. The van der Waals surface area contributed by atoms with Crippen LogP contribution < -0.4 is 14.4 Å². The van der Waals surface area contributed by atoms with Crippen LogP contribution >= 0.6 is 35.7 Å². The Hall–Kier alpha value is -3.34. The van der Waals surface area contributed by atoms with Crippen molar-refractivity contribution in [1.29, 1.82) is 0 Å². The van der Waals surface area contributed by atoms with E-state index in [-0.39, 0.29) is 18.4 Å². The van der Waals surface area contributed by atoms with Crippen LogP contribution in [0.3, 0.4) is 0 Å². The molecule has 0 aliphatic carbocycles. The zero-order chi connectivity index (χ0) is 23.8. The Morgan fingerprint density at radius 1 is 1.09 bits per heavy atom. The molecule has 10 heteroatoms. The van der Waals surface area contributed by atoms with Crippen LogP contribution in [0.1, 0.15) is 11.1 Å². The molecule has 1 fully saturated rings. The topological polar surface area (TPSA) is 81.9 Å². The molecular weight excluding hydrogens is 492 g/mol. The van der Waals surface area contributed by atoms with Gasteiger partial charge in [-0.15, -0.1) is 0 Å². The minimum Gasteiger partial charge on any atom is -0.454 e. The fraction of sp³-hybridized carbons (Fsp3) is 0.0833. The number of nitro benzene ring substituents is 1. The van der Waals surface area contributed by atoms with Crippen LogP contribution in [0.2, 0.25) is 0 Å². The number of aryl methyl sites for hydroxylation is 1. The summed E-state index contributed by atoms with van der Waals surface area (Å²) in [6.45, 7) is 2.12. The van der Waals surface area contributed by atoms with E-state index in [0.717, 1.165) is 22.2 Å². The molecule has 0 bridgehead atoms. The Balaban J connectivity index is 1.42. The standard InChI is InChI=1S/C24H16N2O5S3/c1-14-2-6-17(7-3-14)33-21-9-4-15(10-18(21)26(28)29)11-22-23(27)25(24(32)34-22)16-5-8-19-20(12-16)31-13-30-19/h2-12H,13H2,1H3. The summed E-state index contributed by atoms with van der Waals surface area (Å²) in [6.07, 6.45) is 1.62. The minimum absolute atomic E-state index is 0.0226. The zero-order valence-electron chi connectivity index (χ0n) is 17.7. The van der Waals surface area contributed by atoms with Gasteiger partial charge < -0.3 is 9.47 Å². The van der Waals surface area contributed by atoms with Gasteiger partial charge in [-0.05, 0) is 48.9 Å². The van der Waals surface area contributed by atoms with Gasteiger partial charge in [-0.1, -0.05) is 59.5 Å². The molecule has 0 N–H and O–H groups in total. The lowest BCUT2D eigenvalue weighted by Crippen LogP contribution is -2.27. The summed E-state index contributed by atoms with van der Waals surface area (Å²) in [4.78, 5) is 27.7. The number of hydrogen-bond donors (Lipinski definition) is 0. The molecular formula is C24H16N2O5S3. The fourth-order valence-corrected chi connectivity index (χ4v) is 5.65. The van der Waals surface area contributed by atoms with E-state index in [1.54, 1.807) is 36.4 Å². The Bertz CT molecular complexity index is 1370. The Morgan fingerprint density at radius 2 is 1.85 bits per heavy atom. The van der Waals surface area contributed by atoms with Crippen LogP contribution in [0.15, 0.2) is 75.4 Å². The summed E-state index contributed by atoms with van der Waals surface area (Å²) in [5.74, 6) is 0.864. The average molecular weight is 509 g/mol. The Kier molecular flexibility index (Phi) is 6.03. The molecule has 0 atom stereocenters. The predicted octanol–water partition coefficient (Wildman–Crippen LogP) is 6.19. The van der Waals surface area contributed by atoms with Crippen molar-refractivity contribution < 1.29 is 19.2 Å². The summed E-state index contributed by atoms with van der Waals surface area (Å²) in [6, 6.07) is 17.9. The molecule has 3 aromatic carbocycles. The van der Waals surface area contributed by atoms with Crippen molar-refractivity contribution in [1.82, 2.24) is 0 Å². The predicted molar refractivity (Wildman–Crippen MR) is 137 cm³/mol. The fourth-order valence-electron chi connectivity index (χ4n) is 3.45. The molecule has 34 heavy (non-hydrogen) atoms. The number of amides is 1. The number of hydrogen-bond acceptors (Lipinski definition) is 8. The minimum atomic E-state index is -0.411. The highest BCUT2D eigenvalue weighted by Gasteiger charge is 2.34. The van der Waals surface area contributed by atoms with Crippen LogP contribution in [-0.2, 0) is 4.79 Å². The van der Waals surface area contributed by atoms with Gasteiger partial charge in [0.25, 0.3) is 11.6 Å². The molecule has 2 heterocycles. The lowest BCUT2D eigenvalue weighted by atomic mass is 10.2. The molecule has 0 saturated carbocycles. The molecule has 7 nitrogen and oxygen atoms in total. The summed E-state index contributed by atoms with van der Waals surface area (Å²) in [5, 5.41) is 11.8. The second kappa shape index (κ2) is 9.13. The van der Waals surface area contributed by atoms with Crippen molar-refractivity contribution in [2.75, 3.05) is 11.7 Å². The molecule has 1 amide bonds. The lowest BCUT2D eigenvalue weighted by molar-refractivity contribution is -0.387. The number of thioether (sulfide) groups is 1. The number of rotatable bonds is 5. The normalized spacial score (nSPS) is 15.9. The monoisotopic (exact) mass is 508 g/mol. The van der Waals surface area contributed by atoms with Gasteiger partial charge in [-0.3, -0.25) is 19.8 Å². The molecule has 3 aromatic rings. The first-order valence-corrected chi connectivity index (χ1v) is 12.1. The Labute approximate surface area is 208 Å². The van der Waals surface area contributed by atoms with Gasteiger partial charge in [-0.25, -0.2) is 0 Å². The molecule has 2 aliphatic rings. The molecule has 2 aliphatic heterocycles. The van der Waals surface area contributed by atoms with E-state index in [4.69, 9.17) is 21.7 Å². The third-order valence-corrected chi connectivity index (χ3v) is 7.51. The summed E-state index contributed by atoms with van der Waals surface area (Å²) < 4.78 is 11.1. The lowest BCUT2D eigenvalue weighted by Gasteiger charge is -2.14. The van der Waals surface area contributed by atoms with Crippen molar-refractivity contribution in [3.63, 3.8) is 0 Å². The van der Waals surface area contributed by atoms with E-state index < -0.39 is 4.92 Å². The number of anilines is 1. The maximum atomic E-state index is 13.1. The van der Waals surface area contributed by atoms with Gasteiger partial charge in [0.2, 0.25) is 6.79 Å². The number of thiocarbonyl (C=S) groups is 1. The van der Waals surface area contributed by atoms with Gasteiger partial charge in [0.1, 0.15) is 0 Å². The van der Waals surface area contributed by atoms with Gasteiger partial charge >= 0.3 is 0 Å². The number of nitrogens with zero attached hydrogens (tertiary/aromatic N) is 2. The first kappa shape index (κ1) is 22.5. The quantitative estimate of drug-likeness (QED) is 0.175. The van der Waals surface area contributed by atoms with E-state index in [1.807, 2.05) is 31.2 Å².